The number of rotatable bonds is 3. The first kappa shape index (κ1) is 14.5. The number of nitrogens with zero attached hydrogens (tertiary/aromatic N) is 1. The average Bonchev–Trinajstić information content (AvgIpc) is 2.53. The lowest BCUT2D eigenvalue weighted by Crippen LogP contribution is -2.28. The largest absolute Gasteiger partial charge is 0.338 e. The SMILES string of the molecule is N=c1ccn(CC(=O)Nc2c[nH]c(=O)[nH]c2=O)c2ccccc12. The molecular formula is C15H13N5O3. The lowest BCUT2D eigenvalue weighted by molar-refractivity contribution is -0.116. The van der Waals surface area contributed by atoms with Crippen LogP contribution in [0.4, 0.5) is 5.69 Å². The highest BCUT2D eigenvalue weighted by atomic mass is 16.2. The van der Waals surface area contributed by atoms with Gasteiger partial charge in [-0.15, -0.1) is 0 Å². The fraction of sp³-hybridized carbons (Fsp3) is 0.0667. The Balaban J connectivity index is 1.89. The zero-order chi connectivity index (χ0) is 16.4. The number of hydrogen-bond donors (Lipinski definition) is 4. The van der Waals surface area contributed by atoms with Gasteiger partial charge >= 0.3 is 5.69 Å². The van der Waals surface area contributed by atoms with Gasteiger partial charge < -0.3 is 20.3 Å². The summed E-state index contributed by atoms with van der Waals surface area (Å²) in [5.74, 6) is -0.421. The summed E-state index contributed by atoms with van der Waals surface area (Å²) in [6.07, 6.45) is 2.79. The molecule has 116 valence electrons. The van der Waals surface area contributed by atoms with Gasteiger partial charge in [-0.2, -0.15) is 0 Å². The van der Waals surface area contributed by atoms with Crippen molar-refractivity contribution in [1.82, 2.24) is 14.5 Å². The van der Waals surface area contributed by atoms with Crippen molar-refractivity contribution in [2.45, 2.75) is 6.54 Å². The van der Waals surface area contributed by atoms with Crippen molar-refractivity contribution < 1.29 is 4.79 Å². The average molecular weight is 311 g/mol. The molecule has 0 unspecified atom stereocenters. The third kappa shape index (κ3) is 2.95. The molecule has 0 saturated heterocycles. The maximum absolute atomic E-state index is 12.1. The van der Waals surface area contributed by atoms with Crippen LogP contribution < -0.4 is 21.9 Å². The minimum Gasteiger partial charge on any atom is -0.338 e. The Labute approximate surface area is 128 Å². The van der Waals surface area contributed by atoms with Crippen molar-refractivity contribution in [3.05, 3.63) is 68.9 Å². The Kier molecular flexibility index (Phi) is 3.63. The summed E-state index contributed by atoms with van der Waals surface area (Å²) in [5.41, 5.74) is -0.597. The molecule has 3 aromatic rings. The second-order valence-electron chi connectivity index (χ2n) is 4.91. The van der Waals surface area contributed by atoms with Crippen LogP contribution in [0.2, 0.25) is 0 Å². The molecule has 4 N–H and O–H groups in total. The number of pyridine rings is 1. The number of para-hydroxylation sites is 1. The highest BCUT2D eigenvalue weighted by Crippen LogP contribution is 2.09. The summed E-state index contributed by atoms with van der Waals surface area (Å²) in [6, 6.07) is 8.86. The quantitative estimate of drug-likeness (QED) is 0.550. The summed E-state index contributed by atoms with van der Waals surface area (Å²) in [4.78, 5) is 39.0. The van der Waals surface area contributed by atoms with E-state index in [4.69, 9.17) is 5.41 Å². The van der Waals surface area contributed by atoms with E-state index >= 15 is 0 Å². The number of fused-ring (bicyclic) bond motifs is 1. The first-order chi connectivity index (χ1) is 11.0. The highest BCUT2D eigenvalue weighted by Gasteiger charge is 2.08. The normalized spacial score (nSPS) is 10.6. The number of hydrogen-bond acceptors (Lipinski definition) is 4. The van der Waals surface area contributed by atoms with E-state index in [1.54, 1.807) is 22.9 Å². The van der Waals surface area contributed by atoms with Crippen molar-refractivity contribution in [2.75, 3.05) is 5.32 Å². The van der Waals surface area contributed by atoms with E-state index in [1.807, 2.05) is 23.2 Å². The van der Waals surface area contributed by atoms with Gasteiger partial charge in [0.05, 0.1) is 10.9 Å². The van der Waals surface area contributed by atoms with Gasteiger partial charge in [-0.05, 0) is 12.1 Å². The number of aromatic amines is 2. The van der Waals surface area contributed by atoms with E-state index in [0.29, 0.717) is 5.36 Å². The number of H-pyrrole nitrogens is 2. The predicted molar refractivity (Wildman–Crippen MR) is 84.1 cm³/mol. The first-order valence-electron chi connectivity index (χ1n) is 6.79. The minimum atomic E-state index is -0.668. The first-order valence-corrected chi connectivity index (χ1v) is 6.79. The predicted octanol–water partition coefficient (Wildman–Crippen LogP) is 0.136. The van der Waals surface area contributed by atoms with Gasteiger partial charge in [0, 0.05) is 17.8 Å². The van der Waals surface area contributed by atoms with Crippen molar-refractivity contribution in [3.8, 4) is 0 Å². The van der Waals surface area contributed by atoms with E-state index in [0.717, 1.165) is 17.1 Å². The van der Waals surface area contributed by atoms with Crippen LogP contribution >= 0.6 is 0 Å². The molecule has 2 aromatic heterocycles. The third-order valence-electron chi connectivity index (χ3n) is 3.33. The summed E-state index contributed by atoms with van der Waals surface area (Å²) in [7, 11) is 0. The molecule has 8 nitrogen and oxygen atoms in total. The maximum atomic E-state index is 12.1. The molecule has 2 heterocycles. The maximum Gasteiger partial charge on any atom is 0.325 e. The van der Waals surface area contributed by atoms with E-state index in [-0.39, 0.29) is 12.2 Å². The second kappa shape index (κ2) is 5.76. The van der Waals surface area contributed by atoms with Gasteiger partial charge in [-0.25, -0.2) is 4.79 Å². The van der Waals surface area contributed by atoms with Crippen molar-refractivity contribution in [2.24, 2.45) is 0 Å². The minimum absolute atomic E-state index is 0.0284. The molecule has 0 aliphatic carbocycles. The van der Waals surface area contributed by atoms with Gasteiger partial charge in [0.2, 0.25) is 5.91 Å². The number of amides is 1. The third-order valence-corrected chi connectivity index (χ3v) is 3.33. The fourth-order valence-corrected chi connectivity index (χ4v) is 2.27. The Morgan fingerprint density at radius 1 is 1.22 bits per heavy atom. The highest BCUT2D eigenvalue weighted by molar-refractivity contribution is 5.91. The van der Waals surface area contributed by atoms with Crippen molar-refractivity contribution >= 4 is 22.5 Å². The molecule has 0 aliphatic rings. The number of nitrogens with one attached hydrogen (secondary N) is 4. The van der Waals surface area contributed by atoms with Gasteiger partial charge in [0.15, 0.2) is 0 Å². The lowest BCUT2D eigenvalue weighted by Gasteiger charge is -2.11. The van der Waals surface area contributed by atoms with Crippen LogP contribution in [0.1, 0.15) is 0 Å². The number of anilines is 1. The molecule has 0 radical (unpaired) electrons. The summed E-state index contributed by atoms with van der Waals surface area (Å²) in [6.45, 7) is -0.0284. The number of benzene rings is 1. The molecule has 0 bridgehead atoms. The van der Waals surface area contributed by atoms with Crippen molar-refractivity contribution in [1.29, 1.82) is 5.41 Å². The molecule has 1 amide bonds. The second-order valence-corrected chi connectivity index (χ2v) is 4.91. The van der Waals surface area contributed by atoms with Crippen LogP contribution in [0.25, 0.3) is 10.9 Å². The van der Waals surface area contributed by atoms with Crippen LogP contribution in [0.5, 0.6) is 0 Å². The Hall–Kier alpha value is -3.42. The molecule has 0 saturated carbocycles. The van der Waals surface area contributed by atoms with E-state index in [9.17, 15) is 14.4 Å². The molecular weight excluding hydrogens is 298 g/mol. The van der Waals surface area contributed by atoms with Crippen LogP contribution in [-0.4, -0.2) is 20.4 Å². The summed E-state index contributed by atoms with van der Waals surface area (Å²) < 4.78 is 1.68. The van der Waals surface area contributed by atoms with Crippen LogP contribution in [0, 0.1) is 5.41 Å². The standard InChI is InChI=1S/C15H13N5O3/c16-10-5-6-20(12-4-2-1-3-9(10)12)8-13(21)18-11-7-17-15(23)19-14(11)22/h1-7,16H,8H2,(H,18,21)(H2,17,19,22,23). The topological polar surface area (TPSA) is 124 Å². The van der Waals surface area contributed by atoms with E-state index in [1.165, 1.54) is 0 Å². The molecule has 8 heteroatoms. The van der Waals surface area contributed by atoms with Gasteiger partial charge in [0.25, 0.3) is 5.56 Å². The van der Waals surface area contributed by atoms with E-state index < -0.39 is 17.2 Å². The molecule has 0 fully saturated rings. The molecule has 3 rings (SSSR count). The molecule has 0 aliphatic heterocycles. The lowest BCUT2D eigenvalue weighted by atomic mass is 10.2. The molecule has 0 spiro atoms. The zero-order valence-corrected chi connectivity index (χ0v) is 11.9. The van der Waals surface area contributed by atoms with Gasteiger partial charge in [-0.3, -0.25) is 14.6 Å². The monoisotopic (exact) mass is 311 g/mol. The molecule has 23 heavy (non-hydrogen) atoms. The number of carbonyl (C=O) groups excluding carboxylic acids is 1. The Morgan fingerprint density at radius 2 is 2.00 bits per heavy atom. The Morgan fingerprint density at radius 3 is 2.78 bits per heavy atom. The summed E-state index contributed by atoms with van der Waals surface area (Å²) in [5, 5.41) is 11.4. The number of carbonyl (C=O) groups is 1. The van der Waals surface area contributed by atoms with Crippen LogP contribution in [-0.2, 0) is 11.3 Å². The van der Waals surface area contributed by atoms with Gasteiger partial charge in [0.1, 0.15) is 12.2 Å². The zero-order valence-electron chi connectivity index (χ0n) is 11.9. The van der Waals surface area contributed by atoms with Gasteiger partial charge in [-0.1, -0.05) is 18.2 Å². The molecule has 0 atom stereocenters. The van der Waals surface area contributed by atoms with Crippen LogP contribution in [0.15, 0.2) is 52.3 Å². The Bertz CT molecular complexity index is 1060. The number of aromatic nitrogens is 3. The van der Waals surface area contributed by atoms with E-state index in [2.05, 4.69) is 10.3 Å². The summed E-state index contributed by atoms with van der Waals surface area (Å²) >= 11 is 0. The smallest absolute Gasteiger partial charge is 0.325 e. The van der Waals surface area contributed by atoms with Crippen LogP contribution in [0.3, 0.4) is 0 Å². The fourth-order valence-electron chi connectivity index (χ4n) is 2.27. The van der Waals surface area contributed by atoms with Crippen molar-refractivity contribution in [3.63, 3.8) is 0 Å². The molecule has 1 aromatic carbocycles.